The van der Waals surface area contributed by atoms with Crippen molar-refractivity contribution in [3.8, 4) is 0 Å². The van der Waals surface area contributed by atoms with E-state index in [9.17, 15) is 4.79 Å². The van der Waals surface area contributed by atoms with Gasteiger partial charge in [-0.2, -0.15) is 0 Å². The van der Waals surface area contributed by atoms with E-state index in [1.807, 2.05) is 0 Å². The molecule has 1 fully saturated rings. The van der Waals surface area contributed by atoms with Gasteiger partial charge in [0.1, 0.15) is 0 Å². The Hall–Kier alpha value is -0.570. The van der Waals surface area contributed by atoms with Gasteiger partial charge >= 0.3 is 0 Å². The fourth-order valence-electron chi connectivity index (χ4n) is 3.02. The molecule has 112 valence electrons. The largest absolute Gasteiger partial charge is 0.342 e. The van der Waals surface area contributed by atoms with Crippen LogP contribution in [0.25, 0.3) is 0 Å². The van der Waals surface area contributed by atoms with Crippen LogP contribution in [0, 0.1) is 11.8 Å². The molecule has 0 aliphatic heterocycles. The summed E-state index contributed by atoms with van der Waals surface area (Å²) in [5.41, 5.74) is 5.78. The highest BCUT2D eigenvalue weighted by atomic mass is 16.2. The first-order valence-electron chi connectivity index (χ1n) is 8.21. The van der Waals surface area contributed by atoms with Crippen LogP contribution in [0.1, 0.15) is 65.2 Å². The normalized spacial score (nSPS) is 23.3. The Morgan fingerprint density at radius 3 is 2.32 bits per heavy atom. The van der Waals surface area contributed by atoms with Crippen molar-refractivity contribution in [1.82, 2.24) is 4.90 Å². The van der Waals surface area contributed by atoms with E-state index in [-0.39, 0.29) is 5.92 Å². The van der Waals surface area contributed by atoms with E-state index in [2.05, 4.69) is 18.7 Å². The number of carbonyl (C=O) groups is 1. The molecule has 19 heavy (non-hydrogen) atoms. The molecule has 1 rings (SSSR count). The summed E-state index contributed by atoms with van der Waals surface area (Å²) < 4.78 is 0. The summed E-state index contributed by atoms with van der Waals surface area (Å²) in [6.45, 7) is 7.01. The highest BCUT2D eigenvalue weighted by Gasteiger charge is 2.29. The van der Waals surface area contributed by atoms with Crippen LogP contribution >= 0.6 is 0 Å². The highest BCUT2D eigenvalue weighted by molar-refractivity contribution is 5.79. The number of hydrogen-bond acceptors (Lipinski definition) is 2. The van der Waals surface area contributed by atoms with Gasteiger partial charge in [-0.3, -0.25) is 4.79 Å². The molecule has 2 atom stereocenters. The third kappa shape index (κ3) is 5.52. The molecule has 0 aromatic carbocycles. The predicted molar refractivity (Wildman–Crippen MR) is 80.9 cm³/mol. The number of nitrogens with zero attached hydrogens (tertiary/aromatic N) is 1. The molecular weight excluding hydrogens is 236 g/mol. The lowest BCUT2D eigenvalue weighted by molar-refractivity contribution is -0.137. The van der Waals surface area contributed by atoms with E-state index in [1.165, 1.54) is 12.8 Å². The topological polar surface area (TPSA) is 46.3 Å². The summed E-state index contributed by atoms with van der Waals surface area (Å²) in [6, 6.07) is 0. The van der Waals surface area contributed by atoms with Crippen LogP contribution in [-0.2, 0) is 4.79 Å². The van der Waals surface area contributed by atoms with Crippen molar-refractivity contribution in [3.05, 3.63) is 0 Å². The number of rotatable bonds is 8. The molecule has 1 aliphatic carbocycles. The summed E-state index contributed by atoms with van der Waals surface area (Å²) in [5, 5.41) is 0. The first kappa shape index (κ1) is 16.5. The van der Waals surface area contributed by atoms with E-state index in [0.717, 1.165) is 58.2 Å². The van der Waals surface area contributed by atoms with Gasteiger partial charge in [0.2, 0.25) is 5.91 Å². The van der Waals surface area contributed by atoms with E-state index in [0.29, 0.717) is 11.8 Å². The maximum atomic E-state index is 12.7. The summed E-state index contributed by atoms with van der Waals surface area (Å²) >= 11 is 0. The van der Waals surface area contributed by atoms with Crippen molar-refractivity contribution in [1.29, 1.82) is 0 Å². The Labute approximate surface area is 118 Å². The van der Waals surface area contributed by atoms with Crippen LogP contribution in [-0.4, -0.2) is 30.4 Å². The number of nitrogens with two attached hydrogens (primary N) is 1. The first-order valence-corrected chi connectivity index (χ1v) is 8.21. The van der Waals surface area contributed by atoms with E-state index >= 15 is 0 Å². The predicted octanol–water partition coefficient (Wildman–Crippen LogP) is 3.18. The third-order valence-corrected chi connectivity index (χ3v) is 4.34. The van der Waals surface area contributed by atoms with E-state index in [4.69, 9.17) is 5.73 Å². The van der Waals surface area contributed by atoms with Crippen LogP contribution in [0.2, 0.25) is 0 Å². The Morgan fingerprint density at radius 1 is 1.16 bits per heavy atom. The average Bonchev–Trinajstić information content (AvgIpc) is 2.47. The zero-order chi connectivity index (χ0) is 14.1. The van der Waals surface area contributed by atoms with Crippen molar-refractivity contribution in [3.63, 3.8) is 0 Å². The number of hydrogen-bond donors (Lipinski definition) is 1. The van der Waals surface area contributed by atoms with Crippen LogP contribution in [0.3, 0.4) is 0 Å². The SMILES string of the molecule is CCCCN(CCCC)C(=O)C1CCCC(CN)C1. The van der Waals surface area contributed by atoms with Gasteiger partial charge in [-0.1, -0.05) is 33.1 Å². The molecule has 0 spiro atoms. The third-order valence-electron chi connectivity index (χ3n) is 4.34. The molecule has 1 amide bonds. The molecule has 0 aromatic heterocycles. The second kappa shape index (κ2) is 9.35. The maximum absolute atomic E-state index is 12.7. The minimum atomic E-state index is 0.246. The van der Waals surface area contributed by atoms with Crippen LogP contribution < -0.4 is 5.73 Å². The fourth-order valence-corrected chi connectivity index (χ4v) is 3.02. The Bertz CT molecular complexity index is 247. The lowest BCUT2D eigenvalue weighted by atomic mass is 9.80. The van der Waals surface area contributed by atoms with Gasteiger partial charge in [0.05, 0.1) is 0 Å². The fraction of sp³-hybridized carbons (Fsp3) is 0.938. The minimum absolute atomic E-state index is 0.246. The van der Waals surface area contributed by atoms with E-state index in [1.54, 1.807) is 0 Å². The monoisotopic (exact) mass is 268 g/mol. The summed E-state index contributed by atoms with van der Waals surface area (Å²) in [5.74, 6) is 1.22. The number of amides is 1. The van der Waals surface area contributed by atoms with Crippen molar-refractivity contribution in [2.45, 2.75) is 65.2 Å². The molecule has 0 radical (unpaired) electrons. The van der Waals surface area contributed by atoms with Crippen molar-refractivity contribution < 1.29 is 4.79 Å². The van der Waals surface area contributed by atoms with Gasteiger partial charge in [0.25, 0.3) is 0 Å². The zero-order valence-corrected chi connectivity index (χ0v) is 12.9. The van der Waals surface area contributed by atoms with Crippen molar-refractivity contribution in [2.75, 3.05) is 19.6 Å². The molecule has 0 bridgehead atoms. The Balaban J connectivity index is 2.52. The second-order valence-corrected chi connectivity index (χ2v) is 6.00. The summed E-state index contributed by atoms with van der Waals surface area (Å²) in [4.78, 5) is 14.8. The molecular formula is C16H32N2O. The molecule has 3 nitrogen and oxygen atoms in total. The van der Waals surface area contributed by atoms with Crippen LogP contribution in [0.4, 0.5) is 0 Å². The van der Waals surface area contributed by atoms with Gasteiger partial charge < -0.3 is 10.6 Å². The van der Waals surface area contributed by atoms with Gasteiger partial charge in [-0.25, -0.2) is 0 Å². The van der Waals surface area contributed by atoms with E-state index < -0.39 is 0 Å². The standard InChI is InChI=1S/C16H32N2O/c1-3-5-10-18(11-6-4-2)16(19)15-9-7-8-14(12-15)13-17/h14-15H,3-13,17H2,1-2H3. The number of carbonyl (C=O) groups excluding carboxylic acids is 1. The Morgan fingerprint density at radius 2 is 1.79 bits per heavy atom. The Kier molecular flexibility index (Phi) is 8.11. The summed E-state index contributed by atoms with van der Waals surface area (Å²) in [7, 11) is 0. The molecule has 2 unspecified atom stereocenters. The molecule has 2 N–H and O–H groups in total. The molecule has 1 aliphatic rings. The molecule has 1 saturated carbocycles. The average molecular weight is 268 g/mol. The minimum Gasteiger partial charge on any atom is -0.342 e. The smallest absolute Gasteiger partial charge is 0.225 e. The van der Waals surface area contributed by atoms with Gasteiger partial charge in [-0.15, -0.1) is 0 Å². The van der Waals surface area contributed by atoms with Gasteiger partial charge in [0, 0.05) is 19.0 Å². The maximum Gasteiger partial charge on any atom is 0.225 e. The molecule has 0 saturated heterocycles. The quantitative estimate of drug-likeness (QED) is 0.735. The van der Waals surface area contributed by atoms with Gasteiger partial charge in [0.15, 0.2) is 0 Å². The van der Waals surface area contributed by atoms with Crippen molar-refractivity contribution in [2.24, 2.45) is 17.6 Å². The van der Waals surface area contributed by atoms with Crippen molar-refractivity contribution >= 4 is 5.91 Å². The zero-order valence-electron chi connectivity index (χ0n) is 12.9. The first-order chi connectivity index (χ1) is 9.22. The second-order valence-electron chi connectivity index (χ2n) is 6.00. The lowest BCUT2D eigenvalue weighted by Crippen LogP contribution is -2.40. The summed E-state index contributed by atoms with van der Waals surface area (Å²) in [6.07, 6.45) is 9.05. The highest BCUT2D eigenvalue weighted by Crippen LogP contribution is 2.29. The van der Waals surface area contributed by atoms with Crippen LogP contribution in [0.5, 0.6) is 0 Å². The molecule has 3 heteroatoms. The number of unbranched alkanes of at least 4 members (excludes halogenated alkanes) is 2. The molecule has 0 heterocycles. The lowest BCUT2D eigenvalue weighted by Gasteiger charge is -2.32. The molecule has 0 aromatic rings. The van der Waals surface area contributed by atoms with Gasteiger partial charge in [-0.05, 0) is 44.6 Å². The van der Waals surface area contributed by atoms with Crippen LogP contribution in [0.15, 0.2) is 0 Å².